The van der Waals surface area contributed by atoms with Crippen molar-refractivity contribution in [2.75, 3.05) is 13.6 Å². The van der Waals surface area contributed by atoms with Crippen LogP contribution in [0.2, 0.25) is 0 Å². The highest BCUT2D eigenvalue weighted by Crippen LogP contribution is 2.39. The van der Waals surface area contributed by atoms with Gasteiger partial charge in [0.15, 0.2) is 0 Å². The lowest BCUT2D eigenvalue weighted by Crippen LogP contribution is -2.47. The summed E-state index contributed by atoms with van der Waals surface area (Å²) in [6.07, 6.45) is 6.79. The summed E-state index contributed by atoms with van der Waals surface area (Å²) in [7, 11) is 2.34. The van der Waals surface area contributed by atoms with Crippen molar-refractivity contribution in [1.29, 1.82) is 0 Å². The van der Waals surface area contributed by atoms with Crippen LogP contribution in [0.25, 0.3) is 0 Å². The summed E-state index contributed by atoms with van der Waals surface area (Å²) in [5.74, 6) is 0.846. The topological polar surface area (TPSA) is 15.3 Å². The number of hydrogen-bond acceptors (Lipinski definition) is 2. The van der Waals surface area contributed by atoms with E-state index in [-0.39, 0.29) is 0 Å². The summed E-state index contributed by atoms with van der Waals surface area (Å²) in [5, 5.41) is 3.79. The molecule has 0 saturated carbocycles. The van der Waals surface area contributed by atoms with E-state index in [1.165, 1.54) is 43.2 Å². The van der Waals surface area contributed by atoms with Crippen LogP contribution in [0.3, 0.4) is 0 Å². The molecule has 2 aliphatic rings. The maximum atomic E-state index is 3.79. The lowest BCUT2D eigenvalue weighted by Gasteiger charge is -2.40. The minimum atomic E-state index is 0.646. The zero-order chi connectivity index (χ0) is 14.8. The van der Waals surface area contributed by atoms with E-state index in [1.54, 1.807) is 0 Å². The third kappa shape index (κ3) is 3.17. The van der Waals surface area contributed by atoms with Crippen LogP contribution in [0.5, 0.6) is 0 Å². The minimum absolute atomic E-state index is 0.646. The van der Waals surface area contributed by atoms with E-state index in [1.807, 2.05) is 0 Å². The van der Waals surface area contributed by atoms with Crippen molar-refractivity contribution in [2.45, 2.75) is 64.1 Å². The molecule has 0 radical (unpaired) electrons. The Labute approximate surface area is 129 Å². The molecule has 2 aliphatic heterocycles. The third-order valence-corrected chi connectivity index (χ3v) is 5.87. The molecule has 1 N–H and O–H groups in total. The van der Waals surface area contributed by atoms with E-state index in [2.05, 4.69) is 55.4 Å². The Hall–Kier alpha value is -0.860. The highest BCUT2D eigenvalue weighted by atomic mass is 15.2. The quantitative estimate of drug-likeness (QED) is 0.892. The van der Waals surface area contributed by atoms with Crippen LogP contribution in [0.4, 0.5) is 0 Å². The normalized spacial score (nSPS) is 30.5. The van der Waals surface area contributed by atoms with Gasteiger partial charge in [0, 0.05) is 18.1 Å². The van der Waals surface area contributed by atoms with Gasteiger partial charge in [0.25, 0.3) is 0 Å². The summed E-state index contributed by atoms with van der Waals surface area (Å²) >= 11 is 0. The Bertz CT molecular complexity index is 456. The van der Waals surface area contributed by atoms with Crippen LogP contribution in [-0.2, 0) is 6.42 Å². The smallest absolute Gasteiger partial charge is 0.0137 e. The van der Waals surface area contributed by atoms with Crippen molar-refractivity contribution in [3.8, 4) is 0 Å². The highest BCUT2D eigenvalue weighted by molar-refractivity contribution is 5.26. The van der Waals surface area contributed by atoms with Gasteiger partial charge in [-0.2, -0.15) is 0 Å². The van der Waals surface area contributed by atoms with E-state index in [0.717, 1.165) is 24.5 Å². The summed E-state index contributed by atoms with van der Waals surface area (Å²) in [5.41, 5.74) is 2.96. The zero-order valence-electron chi connectivity index (χ0n) is 13.8. The van der Waals surface area contributed by atoms with Crippen molar-refractivity contribution < 1.29 is 0 Å². The summed E-state index contributed by atoms with van der Waals surface area (Å²) in [6, 6.07) is 11.2. The van der Waals surface area contributed by atoms with Gasteiger partial charge in [-0.15, -0.1) is 0 Å². The Kier molecular flexibility index (Phi) is 4.66. The van der Waals surface area contributed by atoms with Gasteiger partial charge in [-0.1, -0.05) is 31.2 Å². The lowest BCUT2D eigenvalue weighted by atomic mass is 9.82. The van der Waals surface area contributed by atoms with Crippen LogP contribution in [0.1, 0.15) is 43.7 Å². The van der Waals surface area contributed by atoms with Gasteiger partial charge in [0.05, 0.1) is 0 Å². The maximum absolute atomic E-state index is 3.79. The molecule has 116 valence electrons. The summed E-state index contributed by atoms with van der Waals surface area (Å²) < 4.78 is 0. The van der Waals surface area contributed by atoms with Gasteiger partial charge < -0.3 is 10.2 Å². The molecule has 0 aromatic heterocycles. The van der Waals surface area contributed by atoms with Crippen molar-refractivity contribution in [3.05, 3.63) is 35.4 Å². The molecule has 2 bridgehead atoms. The number of nitrogens with one attached hydrogen (secondary N) is 1. The number of benzene rings is 1. The van der Waals surface area contributed by atoms with Crippen LogP contribution in [-0.4, -0.2) is 36.6 Å². The van der Waals surface area contributed by atoms with Gasteiger partial charge >= 0.3 is 0 Å². The molecule has 2 saturated heterocycles. The number of likely N-dealkylation sites (N-methyl/N-ethyl adjacent to an activating group) is 1. The van der Waals surface area contributed by atoms with Crippen molar-refractivity contribution >= 4 is 0 Å². The molecule has 3 rings (SSSR count). The van der Waals surface area contributed by atoms with E-state index in [4.69, 9.17) is 0 Å². The van der Waals surface area contributed by atoms with Crippen LogP contribution in [0.15, 0.2) is 24.3 Å². The highest BCUT2D eigenvalue weighted by Gasteiger charge is 2.40. The molecule has 0 spiro atoms. The first-order valence-corrected chi connectivity index (χ1v) is 8.68. The molecule has 2 heterocycles. The molecular weight excluding hydrogens is 256 g/mol. The second-order valence-corrected chi connectivity index (χ2v) is 7.08. The summed E-state index contributed by atoms with van der Waals surface area (Å²) in [6.45, 7) is 5.57. The number of rotatable bonds is 5. The number of hydrogen-bond donors (Lipinski definition) is 1. The molecule has 2 fully saturated rings. The largest absolute Gasteiger partial charge is 0.314 e. The third-order valence-electron chi connectivity index (χ3n) is 5.87. The SMILES string of the molecule is CCNC(Cc1ccccc1C)C1CC2CCC(C1)N2C. The standard InChI is InChI=1S/C19H30N2/c1-4-20-19(13-15-8-6-5-7-14(15)2)16-11-17-9-10-18(12-16)21(17)3/h5-8,16-20H,4,9-13H2,1-3H3. The predicted octanol–water partition coefficient (Wildman–Crippen LogP) is 3.39. The van der Waals surface area contributed by atoms with E-state index in [0.29, 0.717) is 6.04 Å². The maximum Gasteiger partial charge on any atom is 0.0137 e. The first kappa shape index (κ1) is 15.1. The molecular formula is C19H30N2. The van der Waals surface area contributed by atoms with Gasteiger partial charge in [-0.3, -0.25) is 0 Å². The molecule has 2 nitrogen and oxygen atoms in total. The average molecular weight is 286 g/mol. The van der Waals surface area contributed by atoms with Crippen LogP contribution >= 0.6 is 0 Å². The molecule has 1 aromatic carbocycles. The van der Waals surface area contributed by atoms with Crippen LogP contribution < -0.4 is 5.32 Å². The Morgan fingerprint density at radius 1 is 1.19 bits per heavy atom. The Balaban J connectivity index is 1.72. The number of aryl methyl sites for hydroxylation is 1. The first-order chi connectivity index (χ1) is 10.2. The van der Waals surface area contributed by atoms with Crippen LogP contribution in [0, 0.1) is 12.8 Å². The van der Waals surface area contributed by atoms with Gasteiger partial charge in [0.2, 0.25) is 0 Å². The summed E-state index contributed by atoms with van der Waals surface area (Å²) in [4.78, 5) is 2.65. The molecule has 0 amide bonds. The van der Waals surface area contributed by atoms with Gasteiger partial charge in [-0.25, -0.2) is 0 Å². The molecule has 1 aromatic rings. The predicted molar refractivity (Wildman–Crippen MR) is 89.6 cm³/mol. The monoisotopic (exact) mass is 286 g/mol. The molecule has 2 heteroatoms. The van der Waals surface area contributed by atoms with E-state index in [9.17, 15) is 0 Å². The Morgan fingerprint density at radius 2 is 1.86 bits per heavy atom. The fraction of sp³-hybridized carbons (Fsp3) is 0.684. The van der Waals surface area contributed by atoms with Crippen molar-refractivity contribution in [3.63, 3.8) is 0 Å². The number of piperidine rings is 1. The van der Waals surface area contributed by atoms with E-state index < -0.39 is 0 Å². The second kappa shape index (κ2) is 6.50. The van der Waals surface area contributed by atoms with Crippen molar-refractivity contribution in [1.82, 2.24) is 10.2 Å². The fourth-order valence-corrected chi connectivity index (χ4v) is 4.53. The Morgan fingerprint density at radius 3 is 2.48 bits per heavy atom. The van der Waals surface area contributed by atoms with E-state index >= 15 is 0 Å². The molecule has 0 aliphatic carbocycles. The minimum Gasteiger partial charge on any atom is -0.314 e. The van der Waals surface area contributed by atoms with Gasteiger partial charge in [0.1, 0.15) is 0 Å². The number of nitrogens with zero attached hydrogens (tertiary/aromatic N) is 1. The molecule has 3 atom stereocenters. The molecule has 3 unspecified atom stereocenters. The first-order valence-electron chi connectivity index (χ1n) is 8.68. The lowest BCUT2D eigenvalue weighted by molar-refractivity contribution is 0.112. The average Bonchev–Trinajstić information content (AvgIpc) is 2.71. The number of fused-ring (bicyclic) bond motifs is 2. The van der Waals surface area contributed by atoms with Crippen molar-refractivity contribution in [2.24, 2.45) is 5.92 Å². The van der Waals surface area contributed by atoms with Gasteiger partial charge in [-0.05, 0) is 69.7 Å². The second-order valence-electron chi connectivity index (χ2n) is 7.08. The molecule has 21 heavy (non-hydrogen) atoms. The zero-order valence-corrected chi connectivity index (χ0v) is 13.8. The fourth-order valence-electron chi connectivity index (χ4n) is 4.53.